The minimum absolute atomic E-state index is 0.138. The fourth-order valence-electron chi connectivity index (χ4n) is 4.74. The van der Waals surface area contributed by atoms with Crippen molar-refractivity contribution in [1.29, 1.82) is 0 Å². The van der Waals surface area contributed by atoms with Crippen LogP contribution in [0.2, 0.25) is 0 Å². The summed E-state index contributed by atoms with van der Waals surface area (Å²) >= 11 is 1.13. The van der Waals surface area contributed by atoms with E-state index in [1.165, 1.54) is 11.1 Å². The van der Waals surface area contributed by atoms with Crippen molar-refractivity contribution in [3.63, 3.8) is 0 Å². The Bertz CT molecular complexity index is 1020. The summed E-state index contributed by atoms with van der Waals surface area (Å²) in [5.74, 6) is 2.17. The standard InChI is InChI=1S/C26H34N2O4S/c1-15(2)23-21(27-25(32-23)19-10-8-16(3)17(4)12-19)14-31-20-7-5-6-18(13-20)9-11-22-24(29)28-26(30)33-22/h8,10,12,15,18,20,22H,5-7,9,11,13-14H2,1-4H3,(H,28,29,30)/t18-,20-,22?/m0/s1. The van der Waals surface area contributed by atoms with Crippen molar-refractivity contribution in [3.05, 3.63) is 40.8 Å². The largest absolute Gasteiger partial charge is 0.441 e. The van der Waals surface area contributed by atoms with E-state index in [0.29, 0.717) is 18.4 Å². The van der Waals surface area contributed by atoms with E-state index in [9.17, 15) is 9.59 Å². The maximum Gasteiger partial charge on any atom is 0.286 e. The number of rotatable bonds is 8. The van der Waals surface area contributed by atoms with Crippen molar-refractivity contribution in [2.24, 2.45) is 5.92 Å². The fraction of sp³-hybridized carbons (Fsp3) is 0.577. The maximum absolute atomic E-state index is 11.8. The van der Waals surface area contributed by atoms with Crippen LogP contribution >= 0.6 is 11.8 Å². The van der Waals surface area contributed by atoms with Gasteiger partial charge >= 0.3 is 0 Å². The van der Waals surface area contributed by atoms with Crippen molar-refractivity contribution in [2.75, 3.05) is 0 Å². The molecule has 1 N–H and O–H groups in total. The molecule has 2 amide bonds. The number of carbonyl (C=O) groups excluding carboxylic acids is 2. The van der Waals surface area contributed by atoms with Gasteiger partial charge in [-0.1, -0.05) is 44.5 Å². The molecular weight excluding hydrogens is 436 g/mol. The summed E-state index contributed by atoms with van der Waals surface area (Å²) in [6.45, 7) is 8.89. The van der Waals surface area contributed by atoms with Gasteiger partial charge in [0.1, 0.15) is 11.5 Å². The number of carbonyl (C=O) groups is 2. The van der Waals surface area contributed by atoms with Gasteiger partial charge in [0, 0.05) is 11.5 Å². The second kappa shape index (κ2) is 10.4. The Kier molecular flexibility index (Phi) is 7.59. The zero-order valence-corrected chi connectivity index (χ0v) is 20.8. The highest BCUT2D eigenvalue weighted by Gasteiger charge is 2.32. The van der Waals surface area contributed by atoms with E-state index in [0.717, 1.165) is 67.3 Å². The Hall–Kier alpha value is -2.12. The molecule has 0 bridgehead atoms. The highest BCUT2D eigenvalue weighted by molar-refractivity contribution is 8.15. The minimum atomic E-state index is -0.230. The molecule has 4 rings (SSSR count). The first-order valence-electron chi connectivity index (χ1n) is 12.0. The van der Waals surface area contributed by atoms with Crippen LogP contribution in [0.1, 0.15) is 80.9 Å². The quantitative estimate of drug-likeness (QED) is 0.488. The van der Waals surface area contributed by atoms with E-state index in [2.05, 4.69) is 51.2 Å². The molecule has 2 heterocycles. The molecule has 0 spiro atoms. The average Bonchev–Trinajstić information content (AvgIpc) is 3.35. The SMILES string of the molecule is Cc1ccc(-c2nc(CO[C@H]3CCC[C@@H](CCC4SC(=O)NC4=O)C3)c(C(C)C)o2)cc1C. The zero-order valence-electron chi connectivity index (χ0n) is 20.0. The lowest BCUT2D eigenvalue weighted by atomic mass is 9.84. The molecule has 7 heteroatoms. The minimum Gasteiger partial charge on any atom is -0.441 e. The van der Waals surface area contributed by atoms with E-state index in [1.54, 1.807) is 0 Å². The number of hydrogen-bond acceptors (Lipinski definition) is 6. The Morgan fingerprint density at radius 1 is 1.18 bits per heavy atom. The number of nitrogens with zero attached hydrogens (tertiary/aromatic N) is 1. The summed E-state index contributed by atoms with van der Waals surface area (Å²) in [6.07, 6.45) is 6.22. The number of oxazole rings is 1. The van der Waals surface area contributed by atoms with Gasteiger partial charge in [-0.3, -0.25) is 14.9 Å². The second-order valence-electron chi connectivity index (χ2n) is 9.71. The molecule has 33 heavy (non-hydrogen) atoms. The third-order valence-corrected chi connectivity index (χ3v) is 7.85. The molecule has 0 radical (unpaired) electrons. The van der Waals surface area contributed by atoms with E-state index in [-0.39, 0.29) is 28.4 Å². The van der Waals surface area contributed by atoms with Gasteiger partial charge in [0.15, 0.2) is 0 Å². The number of benzene rings is 1. The van der Waals surface area contributed by atoms with Crippen LogP contribution in [0.4, 0.5) is 4.79 Å². The van der Waals surface area contributed by atoms with E-state index in [1.807, 2.05) is 0 Å². The summed E-state index contributed by atoms with van der Waals surface area (Å²) < 4.78 is 12.5. The molecule has 1 aliphatic carbocycles. The van der Waals surface area contributed by atoms with Crippen LogP contribution in [0.3, 0.4) is 0 Å². The third kappa shape index (κ3) is 5.87. The monoisotopic (exact) mass is 470 g/mol. The topological polar surface area (TPSA) is 81.4 Å². The molecule has 1 saturated heterocycles. The number of amides is 2. The van der Waals surface area contributed by atoms with Gasteiger partial charge in [0.05, 0.1) is 18.0 Å². The molecule has 6 nitrogen and oxygen atoms in total. The van der Waals surface area contributed by atoms with Crippen LogP contribution < -0.4 is 5.32 Å². The molecule has 1 aromatic carbocycles. The summed E-state index contributed by atoms with van der Waals surface area (Å²) in [4.78, 5) is 28.0. The van der Waals surface area contributed by atoms with E-state index >= 15 is 0 Å². The molecule has 2 aliphatic rings. The number of nitrogens with one attached hydrogen (secondary N) is 1. The van der Waals surface area contributed by atoms with Crippen LogP contribution in [-0.4, -0.2) is 27.5 Å². The molecule has 3 atom stereocenters. The predicted molar refractivity (Wildman–Crippen MR) is 130 cm³/mol. The Balaban J connectivity index is 1.35. The molecule has 1 unspecified atom stereocenters. The van der Waals surface area contributed by atoms with Crippen molar-refractivity contribution in [2.45, 2.75) is 90.1 Å². The number of aromatic nitrogens is 1. The molecule has 1 saturated carbocycles. The maximum atomic E-state index is 11.8. The summed E-state index contributed by atoms with van der Waals surface area (Å²) in [6, 6.07) is 6.29. The first-order valence-corrected chi connectivity index (χ1v) is 12.9. The smallest absolute Gasteiger partial charge is 0.286 e. The van der Waals surface area contributed by atoms with Crippen LogP contribution in [-0.2, 0) is 16.1 Å². The number of imide groups is 1. The number of ether oxygens (including phenoxy) is 1. The first-order chi connectivity index (χ1) is 15.8. The van der Waals surface area contributed by atoms with Crippen molar-refractivity contribution in [3.8, 4) is 11.5 Å². The lowest BCUT2D eigenvalue weighted by Gasteiger charge is -2.29. The van der Waals surface area contributed by atoms with Gasteiger partial charge < -0.3 is 9.15 Å². The zero-order chi connectivity index (χ0) is 23.5. The highest BCUT2D eigenvalue weighted by atomic mass is 32.2. The molecule has 1 aromatic heterocycles. The second-order valence-corrected chi connectivity index (χ2v) is 10.9. The lowest BCUT2D eigenvalue weighted by molar-refractivity contribution is -0.119. The van der Waals surface area contributed by atoms with E-state index < -0.39 is 0 Å². The van der Waals surface area contributed by atoms with Crippen LogP contribution in [0.5, 0.6) is 0 Å². The summed E-state index contributed by atoms with van der Waals surface area (Å²) in [5.41, 5.74) is 4.36. The molecule has 2 fully saturated rings. The number of thioether (sulfide) groups is 1. The normalized spacial score (nSPS) is 23.4. The number of aryl methyl sites for hydroxylation is 2. The Morgan fingerprint density at radius 2 is 2.00 bits per heavy atom. The fourth-order valence-corrected chi connectivity index (χ4v) is 5.58. The lowest BCUT2D eigenvalue weighted by Crippen LogP contribution is -2.26. The highest BCUT2D eigenvalue weighted by Crippen LogP contribution is 2.34. The Labute approximate surface area is 200 Å². The average molecular weight is 471 g/mol. The van der Waals surface area contributed by atoms with Gasteiger partial charge in [-0.2, -0.15) is 0 Å². The summed E-state index contributed by atoms with van der Waals surface area (Å²) in [5, 5.41) is 1.93. The molecule has 1 aliphatic heterocycles. The van der Waals surface area contributed by atoms with Crippen LogP contribution in [0, 0.1) is 19.8 Å². The van der Waals surface area contributed by atoms with Gasteiger partial charge in [-0.05, 0) is 68.7 Å². The number of hydrogen-bond donors (Lipinski definition) is 1. The third-order valence-electron chi connectivity index (χ3n) is 6.80. The van der Waals surface area contributed by atoms with Gasteiger partial charge in [-0.25, -0.2) is 4.98 Å². The molecular formula is C26H34N2O4S. The molecule has 178 valence electrons. The van der Waals surface area contributed by atoms with Crippen molar-refractivity contribution in [1.82, 2.24) is 10.3 Å². The van der Waals surface area contributed by atoms with Crippen molar-refractivity contribution < 1.29 is 18.7 Å². The van der Waals surface area contributed by atoms with Crippen LogP contribution in [0.25, 0.3) is 11.5 Å². The summed E-state index contributed by atoms with van der Waals surface area (Å²) in [7, 11) is 0. The van der Waals surface area contributed by atoms with Crippen molar-refractivity contribution >= 4 is 22.9 Å². The first kappa shape index (κ1) is 24.0. The molecule has 2 aromatic rings. The van der Waals surface area contributed by atoms with Gasteiger partial charge in [0.25, 0.3) is 5.24 Å². The van der Waals surface area contributed by atoms with Gasteiger partial charge in [0.2, 0.25) is 11.8 Å². The Morgan fingerprint density at radius 3 is 2.70 bits per heavy atom. The van der Waals surface area contributed by atoms with Gasteiger partial charge in [-0.15, -0.1) is 0 Å². The predicted octanol–water partition coefficient (Wildman–Crippen LogP) is 6.29. The van der Waals surface area contributed by atoms with Crippen LogP contribution in [0.15, 0.2) is 22.6 Å². The van der Waals surface area contributed by atoms with E-state index in [4.69, 9.17) is 14.1 Å².